The van der Waals surface area contributed by atoms with E-state index in [1.54, 1.807) is 0 Å². The number of unbranched alkanes of at least 4 members (excludes halogenated alkanes) is 33. The second-order valence-electron chi connectivity index (χ2n) is 18.2. The molecule has 0 saturated carbocycles. The summed E-state index contributed by atoms with van der Waals surface area (Å²) < 4.78 is 5.43. The lowest BCUT2D eigenvalue weighted by atomic mass is 10.0. The van der Waals surface area contributed by atoms with Gasteiger partial charge in [-0.1, -0.05) is 217 Å². The second-order valence-corrected chi connectivity index (χ2v) is 18.2. The quantitative estimate of drug-likeness (QED) is 0.0245. The maximum Gasteiger partial charge on any atom is 0.305 e. The van der Waals surface area contributed by atoms with E-state index in [-0.39, 0.29) is 18.5 Å². The Morgan fingerprint density at radius 2 is 0.820 bits per heavy atom. The van der Waals surface area contributed by atoms with E-state index in [1.165, 1.54) is 173 Å². The summed E-state index contributed by atoms with van der Waals surface area (Å²) in [6.07, 6.45) is 61.2. The Morgan fingerprint density at radius 3 is 1.28 bits per heavy atom. The molecule has 0 aliphatic carbocycles. The number of allylic oxidation sites excluding steroid dienone is 6. The van der Waals surface area contributed by atoms with Gasteiger partial charge in [-0.05, 0) is 83.5 Å². The Morgan fingerprint density at radius 1 is 0.459 bits per heavy atom. The molecule has 0 bridgehead atoms. The maximum atomic E-state index is 12.4. The predicted molar refractivity (Wildman–Crippen MR) is 264 cm³/mol. The topological polar surface area (TPSA) is 95.9 Å². The van der Waals surface area contributed by atoms with E-state index in [9.17, 15) is 19.8 Å². The SMILES string of the molecule is CCCCCC/C=C\CCCCCCCC(=O)OCCCCC/C=C\C=C/CCCCCCCCCCCCC(=O)NC(CO)C(O)CCCCCCCCCCCCCC. The lowest BCUT2D eigenvalue weighted by Crippen LogP contribution is -2.45. The van der Waals surface area contributed by atoms with Crippen molar-refractivity contribution < 1.29 is 24.5 Å². The molecule has 0 fully saturated rings. The first-order valence-electron chi connectivity index (χ1n) is 26.8. The van der Waals surface area contributed by atoms with Gasteiger partial charge in [0.1, 0.15) is 0 Å². The van der Waals surface area contributed by atoms with Crippen molar-refractivity contribution in [1.29, 1.82) is 0 Å². The summed E-state index contributed by atoms with van der Waals surface area (Å²) in [6, 6.07) is -0.548. The highest BCUT2D eigenvalue weighted by molar-refractivity contribution is 5.76. The normalized spacial score (nSPS) is 12.9. The molecule has 0 heterocycles. The Bertz CT molecular complexity index is 993. The van der Waals surface area contributed by atoms with Crippen molar-refractivity contribution in [2.75, 3.05) is 13.2 Å². The minimum Gasteiger partial charge on any atom is -0.466 e. The van der Waals surface area contributed by atoms with E-state index >= 15 is 0 Å². The number of esters is 1. The summed E-state index contributed by atoms with van der Waals surface area (Å²) in [6.45, 7) is 4.88. The molecule has 0 spiro atoms. The van der Waals surface area contributed by atoms with Crippen molar-refractivity contribution in [1.82, 2.24) is 5.32 Å². The van der Waals surface area contributed by atoms with Crippen LogP contribution in [0.4, 0.5) is 0 Å². The van der Waals surface area contributed by atoms with Crippen molar-refractivity contribution in [3.63, 3.8) is 0 Å². The molecular formula is C55H103NO5. The van der Waals surface area contributed by atoms with Gasteiger partial charge in [0.2, 0.25) is 5.91 Å². The number of aliphatic hydroxyl groups is 2. The van der Waals surface area contributed by atoms with E-state index in [0.29, 0.717) is 25.9 Å². The van der Waals surface area contributed by atoms with Crippen LogP contribution in [0.15, 0.2) is 36.5 Å². The number of ether oxygens (including phenoxy) is 1. The Hall–Kier alpha value is -1.92. The Labute approximate surface area is 379 Å². The van der Waals surface area contributed by atoms with E-state index in [4.69, 9.17) is 4.74 Å². The third-order valence-electron chi connectivity index (χ3n) is 12.2. The second kappa shape index (κ2) is 50.7. The summed E-state index contributed by atoms with van der Waals surface area (Å²) in [7, 11) is 0. The summed E-state index contributed by atoms with van der Waals surface area (Å²) in [5, 5.41) is 23.2. The lowest BCUT2D eigenvalue weighted by molar-refractivity contribution is -0.143. The number of hydrogen-bond donors (Lipinski definition) is 3. The molecule has 6 nitrogen and oxygen atoms in total. The van der Waals surface area contributed by atoms with Gasteiger partial charge in [0.15, 0.2) is 0 Å². The first kappa shape index (κ1) is 59.1. The molecule has 0 aliphatic rings. The molecule has 61 heavy (non-hydrogen) atoms. The summed E-state index contributed by atoms with van der Waals surface area (Å²) >= 11 is 0. The van der Waals surface area contributed by atoms with E-state index in [2.05, 4.69) is 55.6 Å². The minimum absolute atomic E-state index is 0.0231. The van der Waals surface area contributed by atoms with Crippen LogP contribution in [0.5, 0.6) is 0 Å². The van der Waals surface area contributed by atoms with Gasteiger partial charge in [0, 0.05) is 12.8 Å². The smallest absolute Gasteiger partial charge is 0.305 e. The van der Waals surface area contributed by atoms with Crippen molar-refractivity contribution in [2.24, 2.45) is 0 Å². The number of aliphatic hydroxyl groups excluding tert-OH is 2. The van der Waals surface area contributed by atoms with Gasteiger partial charge in [0.05, 0.1) is 25.4 Å². The van der Waals surface area contributed by atoms with Crippen molar-refractivity contribution in [2.45, 2.75) is 289 Å². The number of rotatable bonds is 49. The molecule has 2 atom stereocenters. The third kappa shape index (κ3) is 47.4. The molecular weight excluding hydrogens is 755 g/mol. The van der Waals surface area contributed by atoms with Crippen LogP contribution >= 0.6 is 0 Å². The van der Waals surface area contributed by atoms with Crippen LogP contribution < -0.4 is 5.32 Å². The van der Waals surface area contributed by atoms with Gasteiger partial charge < -0.3 is 20.3 Å². The highest BCUT2D eigenvalue weighted by Crippen LogP contribution is 2.16. The molecule has 358 valence electrons. The largest absolute Gasteiger partial charge is 0.466 e. The first-order valence-corrected chi connectivity index (χ1v) is 26.8. The monoisotopic (exact) mass is 858 g/mol. The maximum absolute atomic E-state index is 12.4. The summed E-state index contributed by atoms with van der Waals surface area (Å²) in [5.41, 5.74) is 0. The fourth-order valence-corrected chi connectivity index (χ4v) is 8.04. The number of carbonyl (C=O) groups excluding carboxylic acids is 2. The average Bonchev–Trinajstić information content (AvgIpc) is 3.26. The molecule has 0 saturated heterocycles. The van der Waals surface area contributed by atoms with Crippen LogP contribution in [0, 0.1) is 0 Å². The minimum atomic E-state index is -0.670. The van der Waals surface area contributed by atoms with Crippen molar-refractivity contribution in [3.05, 3.63) is 36.5 Å². The Kier molecular flexibility index (Phi) is 49.1. The molecule has 2 unspecified atom stereocenters. The van der Waals surface area contributed by atoms with Crippen molar-refractivity contribution >= 4 is 11.9 Å². The molecule has 1 amide bonds. The van der Waals surface area contributed by atoms with Crippen molar-refractivity contribution in [3.8, 4) is 0 Å². The highest BCUT2D eigenvalue weighted by atomic mass is 16.5. The number of carbonyl (C=O) groups is 2. The molecule has 0 aromatic rings. The molecule has 0 aromatic carbocycles. The van der Waals surface area contributed by atoms with E-state index in [0.717, 1.165) is 70.6 Å². The van der Waals surface area contributed by atoms with Crippen LogP contribution in [0.2, 0.25) is 0 Å². The van der Waals surface area contributed by atoms with Gasteiger partial charge in [-0.15, -0.1) is 0 Å². The third-order valence-corrected chi connectivity index (χ3v) is 12.2. The number of nitrogens with one attached hydrogen (secondary N) is 1. The predicted octanol–water partition coefficient (Wildman–Crippen LogP) is 16.1. The molecule has 6 heteroatoms. The first-order chi connectivity index (χ1) is 30.0. The van der Waals surface area contributed by atoms with Crippen LogP contribution in [-0.4, -0.2) is 47.4 Å². The van der Waals surface area contributed by atoms with Gasteiger partial charge >= 0.3 is 5.97 Å². The molecule has 0 aromatic heterocycles. The standard InChI is InChI=1S/C55H103NO5/c1-3-5-7-9-11-13-15-24-29-33-37-41-45-49-55(60)61-50-46-42-38-34-30-26-23-21-19-17-18-20-22-25-28-32-36-40-44-48-54(59)56-52(51-57)53(58)47-43-39-35-31-27-16-14-12-10-8-6-4-2/h13,15,21,23,26,30,52-53,57-58H,3-12,14,16-20,22,24-25,27-29,31-51H2,1-2H3,(H,56,59)/b15-13-,23-21-,30-26-. The fourth-order valence-electron chi connectivity index (χ4n) is 8.04. The average molecular weight is 858 g/mol. The molecule has 3 N–H and O–H groups in total. The van der Waals surface area contributed by atoms with Crippen LogP contribution in [-0.2, 0) is 14.3 Å². The Balaban J connectivity index is 3.48. The van der Waals surface area contributed by atoms with Gasteiger partial charge in [-0.25, -0.2) is 0 Å². The lowest BCUT2D eigenvalue weighted by Gasteiger charge is -2.22. The van der Waals surface area contributed by atoms with Crippen LogP contribution in [0.3, 0.4) is 0 Å². The summed E-state index contributed by atoms with van der Waals surface area (Å²) in [5.74, 6) is -0.0692. The highest BCUT2D eigenvalue weighted by Gasteiger charge is 2.20. The van der Waals surface area contributed by atoms with Crippen LogP contribution in [0.25, 0.3) is 0 Å². The molecule has 0 rings (SSSR count). The zero-order chi connectivity index (χ0) is 44.4. The van der Waals surface area contributed by atoms with Crippen LogP contribution in [0.1, 0.15) is 277 Å². The fraction of sp³-hybridized carbons (Fsp3) is 0.855. The van der Waals surface area contributed by atoms with Gasteiger partial charge in [0.25, 0.3) is 0 Å². The van der Waals surface area contributed by atoms with E-state index < -0.39 is 12.1 Å². The number of hydrogen-bond acceptors (Lipinski definition) is 5. The zero-order valence-electron chi connectivity index (χ0n) is 40.6. The summed E-state index contributed by atoms with van der Waals surface area (Å²) in [4.78, 5) is 24.4. The zero-order valence-corrected chi connectivity index (χ0v) is 40.6. The van der Waals surface area contributed by atoms with E-state index in [1.807, 2.05) is 0 Å². The van der Waals surface area contributed by atoms with Gasteiger partial charge in [-0.2, -0.15) is 0 Å². The molecule has 0 radical (unpaired) electrons. The van der Waals surface area contributed by atoms with Gasteiger partial charge in [-0.3, -0.25) is 9.59 Å². The molecule has 0 aliphatic heterocycles. The number of amides is 1.